The van der Waals surface area contributed by atoms with Crippen LogP contribution in [-0.2, 0) is 15.7 Å². The van der Waals surface area contributed by atoms with E-state index in [1.165, 1.54) is 11.0 Å². The number of nitrogens with one attached hydrogen (secondary N) is 2. The Kier molecular flexibility index (Phi) is 7.49. The van der Waals surface area contributed by atoms with Crippen molar-refractivity contribution in [1.29, 1.82) is 0 Å². The Hall–Kier alpha value is -3.27. The van der Waals surface area contributed by atoms with Crippen LogP contribution in [0.15, 0.2) is 42.5 Å². The van der Waals surface area contributed by atoms with E-state index in [2.05, 4.69) is 10.6 Å². The van der Waals surface area contributed by atoms with E-state index in [9.17, 15) is 22.8 Å². The largest absolute Gasteiger partial charge is 0.418 e. The molecule has 0 aliphatic carbocycles. The number of halogens is 3. The van der Waals surface area contributed by atoms with Gasteiger partial charge < -0.3 is 25.2 Å². The van der Waals surface area contributed by atoms with Crippen LogP contribution in [0, 0.1) is 12.8 Å². The number of anilines is 3. The van der Waals surface area contributed by atoms with Crippen LogP contribution in [0.2, 0.25) is 0 Å². The van der Waals surface area contributed by atoms with Gasteiger partial charge in [-0.3, -0.25) is 4.79 Å². The Morgan fingerprint density at radius 3 is 2.51 bits per heavy atom. The van der Waals surface area contributed by atoms with Crippen LogP contribution in [0.3, 0.4) is 0 Å². The summed E-state index contributed by atoms with van der Waals surface area (Å²) < 4.78 is 46.8. The highest BCUT2D eigenvalue weighted by Gasteiger charge is 2.36. The standard InChI is InChI=1S/C25H29F3N4O3/c1-17-4-2-6-19(14-17)29-24(34)32-9-3-5-18(16-32)23(33)30-22-8-7-20(15-21(22)25(26,27)28)31-10-12-35-13-11-31/h2,4,6-8,14-15,18H,3,5,9-13,16H2,1H3,(H,29,34)(H,30,33). The number of rotatable bonds is 4. The van der Waals surface area contributed by atoms with Gasteiger partial charge in [-0.1, -0.05) is 12.1 Å². The lowest BCUT2D eigenvalue weighted by Gasteiger charge is -2.32. The van der Waals surface area contributed by atoms with E-state index in [-0.39, 0.29) is 18.3 Å². The number of piperidine rings is 1. The fourth-order valence-electron chi connectivity index (χ4n) is 4.43. The molecule has 2 N–H and O–H groups in total. The number of alkyl halides is 3. The minimum absolute atomic E-state index is 0.136. The van der Waals surface area contributed by atoms with Crippen molar-refractivity contribution in [2.45, 2.75) is 25.9 Å². The van der Waals surface area contributed by atoms with Gasteiger partial charge in [-0.2, -0.15) is 13.2 Å². The summed E-state index contributed by atoms with van der Waals surface area (Å²) in [6, 6.07) is 11.0. The fourth-order valence-corrected chi connectivity index (χ4v) is 4.43. The number of carbonyl (C=O) groups excluding carboxylic acids is 2. The van der Waals surface area contributed by atoms with Gasteiger partial charge in [0, 0.05) is 37.6 Å². The van der Waals surface area contributed by atoms with E-state index < -0.39 is 23.6 Å². The Bertz CT molecular complexity index is 1070. The monoisotopic (exact) mass is 490 g/mol. The Labute approximate surface area is 202 Å². The number of aryl methyl sites for hydroxylation is 1. The molecular weight excluding hydrogens is 461 g/mol. The highest BCUT2D eigenvalue weighted by molar-refractivity contribution is 5.95. The second-order valence-corrected chi connectivity index (χ2v) is 8.90. The lowest BCUT2D eigenvalue weighted by molar-refractivity contribution is -0.137. The summed E-state index contributed by atoms with van der Waals surface area (Å²) in [4.78, 5) is 29.0. The molecule has 0 radical (unpaired) electrons. The van der Waals surface area contributed by atoms with Gasteiger partial charge in [-0.15, -0.1) is 0 Å². The number of hydrogen-bond donors (Lipinski definition) is 2. The molecule has 2 aliphatic rings. The van der Waals surface area contributed by atoms with Crippen molar-refractivity contribution in [1.82, 2.24) is 4.90 Å². The predicted octanol–water partition coefficient (Wildman–Crippen LogP) is 4.73. The van der Waals surface area contributed by atoms with Gasteiger partial charge in [-0.25, -0.2) is 4.79 Å². The highest BCUT2D eigenvalue weighted by atomic mass is 19.4. The second-order valence-electron chi connectivity index (χ2n) is 8.90. The van der Waals surface area contributed by atoms with E-state index in [4.69, 9.17) is 4.74 Å². The summed E-state index contributed by atoms with van der Waals surface area (Å²) in [7, 11) is 0. The van der Waals surface area contributed by atoms with E-state index >= 15 is 0 Å². The SMILES string of the molecule is Cc1cccc(NC(=O)N2CCCC(C(=O)Nc3ccc(N4CCOCC4)cc3C(F)(F)F)C2)c1. The van der Waals surface area contributed by atoms with Crippen LogP contribution >= 0.6 is 0 Å². The zero-order valence-corrected chi connectivity index (χ0v) is 19.5. The minimum atomic E-state index is -4.63. The average molecular weight is 491 g/mol. The van der Waals surface area contributed by atoms with Gasteiger partial charge >= 0.3 is 12.2 Å². The number of ether oxygens (including phenoxy) is 1. The van der Waals surface area contributed by atoms with Gasteiger partial charge in [0.25, 0.3) is 0 Å². The summed E-state index contributed by atoms with van der Waals surface area (Å²) in [6.45, 7) is 4.45. The molecule has 7 nitrogen and oxygen atoms in total. The van der Waals surface area contributed by atoms with Crippen molar-refractivity contribution < 1.29 is 27.5 Å². The molecule has 0 saturated carbocycles. The first-order chi connectivity index (χ1) is 16.7. The number of hydrogen-bond acceptors (Lipinski definition) is 4. The molecule has 2 heterocycles. The van der Waals surface area contributed by atoms with Crippen LogP contribution in [0.5, 0.6) is 0 Å². The molecule has 0 aromatic heterocycles. The summed E-state index contributed by atoms with van der Waals surface area (Å²) in [6.07, 6.45) is -3.55. The van der Waals surface area contributed by atoms with E-state index in [0.717, 1.165) is 11.6 Å². The van der Waals surface area contributed by atoms with Crippen LogP contribution < -0.4 is 15.5 Å². The number of benzene rings is 2. The Balaban J connectivity index is 1.44. The molecule has 2 aromatic rings. The molecular formula is C25H29F3N4O3. The van der Waals surface area contributed by atoms with Crippen molar-refractivity contribution in [3.05, 3.63) is 53.6 Å². The maximum atomic E-state index is 13.8. The quantitative estimate of drug-likeness (QED) is 0.650. The van der Waals surface area contributed by atoms with E-state index in [0.29, 0.717) is 57.1 Å². The fraction of sp³-hybridized carbons (Fsp3) is 0.440. The minimum Gasteiger partial charge on any atom is -0.378 e. The maximum absolute atomic E-state index is 13.8. The van der Waals surface area contributed by atoms with E-state index in [1.807, 2.05) is 30.0 Å². The third-order valence-electron chi connectivity index (χ3n) is 6.29. The van der Waals surface area contributed by atoms with Gasteiger partial charge in [0.15, 0.2) is 0 Å². The molecule has 35 heavy (non-hydrogen) atoms. The van der Waals surface area contributed by atoms with Gasteiger partial charge in [0.05, 0.1) is 30.4 Å². The molecule has 3 amide bonds. The van der Waals surface area contributed by atoms with E-state index in [1.54, 1.807) is 12.1 Å². The lowest BCUT2D eigenvalue weighted by Crippen LogP contribution is -2.45. The first-order valence-corrected chi connectivity index (χ1v) is 11.7. The number of nitrogens with zero attached hydrogens (tertiary/aromatic N) is 2. The molecule has 10 heteroatoms. The summed E-state index contributed by atoms with van der Waals surface area (Å²) in [5.41, 5.74) is 0.923. The number of amides is 3. The molecule has 0 bridgehead atoms. The van der Waals surface area contributed by atoms with Crippen LogP contribution in [0.4, 0.5) is 35.0 Å². The lowest BCUT2D eigenvalue weighted by atomic mass is 9.97. The molecule has 1 unspecified atom stereocenters. The number of urea groups is 1. The van der Waals surface area contributed by atoms with Crippen molar-refractivity contribution in [2.75, 3.05) is 54.9 Å². The molecule has 2 saturated heterocycles. The summed E-state index contributed by atoms with van der Waals surface area (Å²) in [5, 5.41) is 5.29. The average Bonchev–Trinajstić information content (AvgIpc) is 2.84. The number of likely N-dealkylation sites (tertiary alicyclic amines) is 1. The Morgan fingerprint density at radius 1 is 1.03 bits per heavy atom. The normalized spacial score (nSPS) is 18.8. The molecule has 188 valence electrons. The van der Waals surface area contributed by atoms with Crippen molar-refractivity contribution in [2.24, 2.45) is 5.92 Å². The molecule has 1 atom stereocenters. The van der Waals surface area contributed by atoms with Crippen molar-refractivity contribution in [3.63, 3.8) is 0 Å². The third-order valence-corrected chi connectivity index (χ3v) is 6.29. The van der Waals surface area contributed by atoms with Crippen LogP contribution in [-0.4, -0.2) is 56.2 Å². The van der Waals surface area contributed by atoms with Crippen molar-refractivity contribution >= 4 is 29.0 Å². The zero-order valence-electron chi connectivity index (χ0n) is 19.5. The number of morpholine rings is 1. The first-order valence-electron chi connectivity index (χ1n) is 11.7. The molecule has 2 fully saturated rings. The van der Waals surface area contributed by atoms with Gasteiger partial charge in [0.1, 0.15) is 0 Å². The maximum Gasteiger partial charge on any atom is 0.418 e. The first kappa shape index (κ1) is 24.8. The topological polar surface area (TPSA) is 73.9 Å². The van der Waals surface area contributed by atoms with Crippen LogP contribution in [0.25, 0.3) is 0 Å². The molecule has 2 aliphatic heterocycles. The van der Waals surface area contributed by atoms with Gasteiger partial charge in [0.2, 0.25) is 5.91 Å². The smallest absolute Gasteiger partial charge is 0.378 e. The summed E-state index contributed by atoms with van der Waals surface area (Å²) in [5.74, 6) is -1.13. The molecule has 4 rings (SSSR count). The van der Waals surface area contributed by atoms with Crippen molar-refractivity contribution in [3.8, 4) is 0 Å². The van der Waals surface area contributed by atoms with Crippen LogP contribution in [0.1, 0.15) is 24.0 Å². The zero-order chi connectivity index (χ0) is 25.0. The molecule has 0 spiro atoms. The molecule has 2 aromatic carbocycles. The summed E-state index contributed by atoms with van der Waals surface area (Å²) >= 11 is 0. The van der Waals surface area contributed by atoms with Gasteiger partial charge in [-0.05, 0) is 55.7 Å². The predicted molar refractivity (Wildman–Crippen MR) is 128 cm³/mol. The second kappa shape index (κ2) is 10.6. The highest BCUT2D eigenvalue weighted by Crippen LogP contribution is 2.38. The third kappa shape index (κ3) is 6.25. The number of carbonyl (C=O) groups is 2. The Morgan fingerprint density at radius 2 is 1.80 bits per heavy atom.